The molecule has 2 heterocycles. The highest BCUT2D eigenvalue weighted by Crippen LogP contribution is 2.18. The normalized spacial score (nSPS) is 20.1. The Kier molecular flexibility index (Phi) is 5.95. The monoisotopic (exact) mass is 340 g/mol. The third-order valence-corrected chi connectivity index (χ3v) is 4.71. The molecular formula is C15H24N4O3S. The summed E-state index contributed by atoms with van der Waals surface area (Å²) in [5.41, 5.74) is 0.983. The summed E-state index contributed by atoms with van der Waals surface area (Å²) in [6.45, 7) is 2.82. The van der Waals surface area contributed by atoms with E-state index < -0.39 is 10.0 Å². The summed E-state index contributed by atoms with van der Waals surface area (Å²) in [6.07, 6.45) is 7.26. The summed E-state index contributed by atoms with van der Waals surface area (Å²) < 4.78 is 25.1. The van der Waals surface area contributed by atoms with E-state index in [1.54, 1.807) is 17.3 Å². The quantitative estimate of drug-likeness (QED) is 0.844. The van der Waals surface area contributed by atoms with E-state index in [2.05, 4.69) is 15.0 Å². The molecule has 2 amide bonds. The zero-order valence-electron chi connectivity index (χ0n) is 13.5. The second kappa shape index (κ2) is 7.74. The van der Waals surface area contributed by atoms with Gasteiger partial charge in [-0.2, -0.15) is 0 Å². The Morgan fingerprint density at radius 1 is 1.39 bits per heavy atom. The van der Waals surface area contributed by atoms with E-state index in [0.29, 0.717) is 6.54 Å². The first kappa shape index (κ1) is 17.7. The van der Waals surface area contributed by atoms with Gasteiger partial charge in [-0.3, -0.25) is 4.98 Å². The van der Waals surface area contributed by atoms with Gasteiger partial charge in [0.2, 0.25) is 10.0 Å². The molecule has 0 bridgehead atoms. The smallest absolute Gasteiger partial charge is 0.318 e. The Morgan fingerprint density at radius 2 is 2.09 bits per heavy atom. The van der Waals surface area contributed by atoms with Crippen molar-refractivity contribution in [3.05, 3.63) is 30.1 Å². The van der Waals surface area contributed by atoms with Crippen LogP contribution in [0, 0.1) is 0 Å². The molecule has 8 heteroatoms. The number of nitrogens with zero attached hydrogens (tertiary/aromatic N) is 2. The number of nitrogens with one attached hydrogen (secondary N) is 2. The topological polar surface area (TPSA) is 91.4 Å². The standard InChI is InChI=1S/C15H24N4O3S/c1-12(13-6-8-16-9-7-13)18-15(20)19-10-4-3-5-14(19)11-17-23(2,21)22/h6-9,12,14,17H,3-5,10-11H2,1-2H3,(H,18,20). The van der Waals surface area contributed by atoms with Crippen molar-refractivity contribution in [1.82, 2.24) is 19.9 Å². The second-order valence-corrected chi connectivity index (χ2v) is 7.75. The summed E-state index contributed by atoms with van der Waals surface area (Å²) >= 11 is 0. The highest BCUT2D eigenvalue weighted by Gasteiger charge is 2.28. The summed E-state index contributed by atoms with van der Waals surface area (Å²) in [7, 11) is -3.25. The van der Waals surface area contributed by atoms with Gasteiger partial charge < -0.3 is 10.2 Å². The predicted octanol–water partition coefficient (Wildman–Crippen LogP) is 1.26. The van der Waals surface area contributed by atoms with Crippen LogP contribution < -0.4 is 10.0 Å². The molecule has 2 unspecified atom stereocenters. The van der Waals surface area contributed by atoms with Gasteiger partial charge in [-0.1, -0.05) is 0 Å². The van der Waals surface area contributed by atoms with Gasteiger partial charge in [0.05, 0.1) is 12.3 Å². The number of likely N-dealkylation sites (tertiary alicyclic amines) is 1. The average molecular weight is 340 g/mol. The third kappa shape index (κ3) is 5.47. The van der Waals surface area contributed by atoms with Crippen molar-refractivity contribution >= 4 is 16.1 Å². The summed E-state index contributed by atoms with van der Waals surface area (Å²) in [6, 6.07) is 3.33. The number of pyridine rings is 1. The number of hydrogen-bond donors (Lipinski definition) is 2. The second-order valence-electron chi connectivity index (χ2n) is 5.92. The van der Waals surface area contributed by atoms with Crippen molar-refractivity contribution in [2.45, 2.75) is 38.3 Å². The molecule has 1 aliphatic rings. The lowest BCUT2D eigenvalue weighted by Gasteiger charge is -2.36. The van der Waals surface area contributed by atoms with E-state index in [1.807, 2.05) is 19.1 Å². The minimum Gasteiger partial charge on any atom is -0.331 e. The van der Waals surface area contributed by atoms with Gasteiger partial charge in [0.25, 0.3) is 0 Å². The number of carbonyl (C=O) groups excluding carboxylic acids is 1. The molecule has 1 aliphatic heterocycles. The van der Waals surface area contributed by atoms with Crippen LogP contribution in [-0.4, -0.2) is 49.7 Å². The Hall–Kier alpha value is -1.67. The Balaban J connectivity index is 1.97. The van der Waals surface area contributed by atoms with Crippen LogP contribution in [0.15, 0.2) is 24.5 Å². The fraction of sp³-hybridized carbons (Fsp3) is 0.600. The maximum absolute atomic E-state index is 12.5. The van der Waals surface area contributed by atoms with Crippen molar-refractivity contribution < 1.29 is 13.2 Å². The number of urea groups is 1. The van der Waals surface area contributed by atoms with E-state index in [0.717, 1.165) is 31.1 Å². The van der Waals surface area contributed by atoms with Gasteiger partial charge in [0.1, 0.15) is 0 Å². The maximum atomic E-state index is 12.5. The van der Waals surface area contributed by atoms with Gasteiger partial charge in [0, 0.05) is 31.5 Å². The molecule has 2 atom stereocenters. The molecular weight excluding hydrogens is 316 g/mol. The lowest BCUT2D eigenvalue weighted by Crippen LogP contribution is -2.53. The number of hydrogen-bond acceptors (Lipinski definition) is 4. The largest absolute Gasteiger partial charge is 0.331 e. The van der Waals surface area contributed by atoms with E-state index in [-0.39, 0.29) is 24.7 Å². The minimum absolute atomic E-state index is 0.108. The van der Waals surface area contributed by atoms with Crippen molar-refractivity contribution in [1.29, 1.82) is 0 Å². The Morgan fingerprint density at radius 3 is 2.74 bits per heavy atom. The number of sulfonamides is 1. The maximum Gasteiger partial charge on any atom is 0.318 e. The molecule has 0 saturated carbocycles. The van der Waals surface area contributed by atoms with Gasteiger partial charge in [-0.15, -0.1) is 0 Å². The summed E-state index contributed by atoms with van der Waals surface area (Å²) in [5.74, 6) is 0. The number of rotatable bonds is 5. The van der Waals surface area contributed by atoms with Crippen LogP contribution in [-0.2, 0) is 10.0 Å². The van der Waals surface area contributed by atoms with Crippen LogP contribution in [0.2, 0.25) is 0 Å². The number of piperidine rings is 1. The zero-order valence-corrected chi connectivity index (χ0v) is 14.3. The lowest BCUT2D eigenvalue weighted by molar-refractivity contribution is 0.149. The molecule has 1 aromatic rings. The van der Waals surface area contributed by atoms with Crippen molar-refractivity contribution in [3.63, 3.8) is 0 Å². The molecule has 7 nitrogen and oxygen atoms in total. The van der Waals surface area contributed by atoms with Gasteiger partial charge >= 0.3 is 6.03 Å². The Labute approximate surface area is 137 Å². The molecule has 0 aliphatic carbocycles. The summed E-state index contributed by atoms with van der Waals surface area (Å²) in [5, 5.41) is 2.98. The fourth-order valence-electron chi connectivity index (χ4n) is 2.73. The molecule has 1 saturated heterocycles. The van der Waals surface area contributed by atoms with Crippen LogP contribution >= 0.6 is 0 Å². The van der Waals surface area contributed by atoms with Crippen LogP contribution in [0.5, 0.6) is 0 Å². The molecule has 1 fully saturated rings. The molecule has 0 aromatic carbocycles. The average Bonchev–Trinajstić information content (AvgIpc) is 2.53. The summed E-state index contributed by atoms with van der Waals surface area (Å²) in [4.78, 5) is 18.2. The first-order chi connectivity index (χ1) is 10.9. The molecule has 2 N–H and O–H groups in total. The number of amides is 2. The Bertz CT molecular complexity index is 621. The first-order valence-corrected chi connectivity index (χ1v) is 9.67. The van der Waals surface area contributed by atoms with Gasteiger partial charge in [-0.05, 0) is 43.9 Å². The molecule has 2 rings (SSSR count). The molecule has 0 spiro atoms. The van der Waals surface area contributed by atoms with E-state index in [9.17, 15) is 13.2 Å². The first-order valence-electron chi connectivity index (χ1n) is 7.78. The van der Waals surface area contributed by atoms with Gasteiger partial charge in [-0.25, -0.2) is 17.9 Å². The zero-order chi connectivity index (χ0) is 16.9. The van der Waals surface area contributed by atoms with Crippen LogP contribution in [0.1, 0.15) is 37.8 Å². The van der Waals surface area contributed by atoms with E-state index in [1.165, 1.54) is 0 Å². The molecule has 0 radical (unpaired) electrons. The fourth-order valence-corrected chi connectivity index (χ4v) is 3.23. The number of carbonyl (C=O) groups is 1. The van der Waals surface area contributed by atoms with E-state index >= 15 is 0 Å². The van der Waals surface area contributed by atoms with Crippen molar-refractivity contribution in [2.75, 3.05) is 19.3 Å². The van der Waals surface area contributed by atoms with Crippen LogP contribution in [0.4, 0.5) is 4.79 Å². The van der Waals surface area contributed by atoms with E-state index in [4.69, 9.17) is 0 Å². The van der Waals surface area contributed by atoms with Crippen molar-refractivity contribution in [2.24, 2.45) is 0 Å². The molecule has 1 aromatic heterocycles. The third-order valence-electron chi connectivity index (χ3n) is 4.02. The van der Waals surface area contributed by atoms with Crippen molar-refractivity contribution in [3.8, 4) is 0 Å². The highest BCUT2D eigenvalue weighted by atomic mass is 32.2. The lowest BCUT2D eigenvalue weighted by atomic mass is 10.0. The van der Waals surface area contributed by atoms with Crippen LogP contribution in [0.25, 0.3) is 0 Å². The predicted molar refractivity (Wildman–Crippen MR) is 88.4 cm³/mol. The molecule has 23 heavy (non-hydrogen) atoms. The van der Waals surface area contributed by atoms with Gasteiger partial charge in [0.15, 0.2) is 0 Å². The SMILES string of the molecule is CC(NC(=O)N1CCCCC1CNS(C)(=O)=O)c1ccncc1. The minimum atomic E-state index is -3.25. The van der Waals surface area contributed by atoms with Crippen LogP contribution in [0.3, 0.4) is 0 Å². The number of aromatic nitrogens is 1. The molecule has 128 valence electrons. The highest BCUT2D eigenvalue weighted by molar-refractivity contribution is 7.88.